The summed E-state index contributed by atoms with van der Waals surface area (Å²) in [4.78, 5) is 26.6. The van der Waals surface area contributed by atoms with Gasteiger partial charge in [-0.2, -0.15) is 0 Å². The Morgan fingerprint density at radius 1 is 1.15 bits per heavy atom. The average Bonchev–Trinajstić information content (AvgIpc) is 3.10. The number of carbonyl (C=O) groups is 1. The van der Waals surface area contributed by atoms with E-state index in [9.17, 15) is 4.79 Å². The standard InChI is InChI=1S/C19H22N4O3/c24-18(17-21-8-3-9-22-17)23-10-5-19(6-11-23)12-15(26-14-19)13-25-16-4-1-2-7-20-16/h1-4,7-9,15H,5-6,10-14H2/t15-/m1/s1. The number of aromatic nitrogens is 3. The van der Waals surface area contributed by atoms with Gasteiger partial charge < -0.3 is 14.4 Å². The van der Waals surface area contributed by atoms with Crippen LogP contribution in [0.3, 0.4) is 0 Å². The number of pyridine rings is 1. The fourth-order valence-electron chi connectivity index (χ4n) is 3.70. The van der Waals surface area contributed by atoms with E-state index in [0.29, 0.717) is 25.6 Å². The first-order chi connectivity index (χ1) is 12.7. The van der Waals surface area contributed by atoms with E-state index in [1.165, 1.54) is 0 Å². The van der Waals surface area contributed by atoms with Crippen molar-refractivity contribution in [2.75, 3.05) is 26.3 Å². The van der Waals surface area contributed by atoms with E-state index in [1.54, 1.807) is 24.7 Å². The van der Waals surface area contributed by atoms with Crippen LogP contribution in [0.2, 0.25) is 0 Å². The van der Waals surface area contributed by atoms with Gasteiger partial charge in [0.15, 0.2) is 0 Å². The monoisotopic (exact) mass is 354 g/mol. The lowest BCUT2D eigenvalue weighted by Crippen LogP contribution is -2.44. The van der Waals surface area contributed by atoms with Crippen LogP contribution < -0.4 is 4.74 Å². The Kier molecular flexibility index (Phi) is 4.79. The molecule has 0 aliphatic carbocycles. The van der Waals surface area contributed by atoms with Crippen molar-refractivity contribution < 1.29 is 14.3 Å². The summed E-state index contributed by atoms with van der Waals surface area (Å²) in [7, 11) is 0. The summed E-state index contributed by atoms with van der Waals surface area (Å²) in [5.41, 5.74) is 0.145. The second-order valence-corrected chi connectivity index (χ2v) is 6.98. The minimum Gasteiger partial charge on any atom is -0.475 e. The largest absolute Gasteiger partial charge is 0.475 e. The van der Waals surface area contributed by atoms with Gasteiger partial charge >= 0.3 is 0 Å². The van der Waals surface area contributed by atoms with Gasteiger partial charge in [0.2, 0.25) is 11.7 Å². The number of amides is 1. The Bertz CT molecular complexity index is 733. The van der Waals surface area contributed by atoms with E-state index in [1.807, 2.05) is 23.1 Å². The number of ether oxygens (including phenoxy) is 2. The molecule has 2 saturated heterocycles. The third-order valence-corrected chi connectivity index (χ3v) is 5.21. The highest BCUT2D eigenvalue weighted by Crippen LogP contribution is 2.42. The molecule has 26 heavy (non-hydrogen) atoms. The molecule has 0 aromatic carbocycles. The average molecular weight is 354 g/mol. The predicted octanol–water partition coefficient (Wildman–Crippen LogP) is 1.96. The van der Waals surface area contributed by atoms with E-state index in [0.717, 1.165) is 25.9 Å². The normalized spacial score (nSPS) is 21.7. The highest BCUT2D eigenvalue weighted by Gasteiger charge is 2.43. The maximum absolute atomic E-state index is 12.5. The van der Waals surface area contributed by atoms with Gasteiger partial charge in [-0.1, -0.05) is 6.07 Å². The number of carbonyl (C=O) groups excluding carboxylic acids is 1. The number of rotatable bonds is 4. The Labute approximate surface area is 152 Å². The first-order valence-corrected chi connectivity index (χ1v) is 8.96. The molecule has 2 aromatic heterocycles. The molecule has 2 aromatic rings. The number of nitrogens with zero attached hydrogens (tertiary/aromatic N) is 4. The molecule has 2 fully saturated rings. The minimum atomic E-state index is -0.0885. The lowest BCUT2D eigenvalue weighted by atomic mass is 9.76. The van der Waals surface area contributed by atoms with Crippen LogP contribution >= 0.6 is 0 Å². The highest BCUT2D eigenvalue weighted by molar-refractivity contribution is 5.90. The maximum atomic E-state index is 12.5. The van der Waals surface area contributed by atoms with Gasteiger partial charge in [0.1, 0.15) is 6.61 Å². The van der Waals surface area contributed by atoms with Crippen molar-refractivity contribution in [3.05, 3.63) is 48.7 Å². The van der Waals surface area contributed by atoms with Gasteiger partial charge in [0.25, 0.3) is 5.91 Å². The van der Waals surface area contributed by atoms with Crippen molar-refractivity contribution in [1.29, 1.82) is 0 Å². The van der Waals surface area contributed by atoms with Crippen molar-refractivity contribution in [2.45, 2.75) is 25.4 Å². The second kappa shape index (κ2) is 7.37. The highest BCUT2D eigenvalue weighted by atomic mass is 16.5. The van der Waals surface area contributed by atoms with Gasteiger partial charge in [0, 0.05) is 37.7 Å². The minimum absolute atomic E-state index is 0.0803. The van der Waals surface area contributed by atoms with Gasteiger partial charge in [0.05, 0.1) is 12.7 Å². The van der Waals surface area contributed by atoms with Crippen molar-refractivity contribution >= 4 is 5.91 Å². The number of likely N-dealkylation sites (tertiary alicyclic amines) is 1. The first-order valence-electron chi connectivity index (χ1n) is 8.96. The molecule has 1 amide bonds. The summed E-state index contributed by atoms with van der Waals surface area (Å²) in [5, 5.41) is 0. The fraction of sp³-hybridized carbons (Fsp3) is 0.474. The molecule has 136 valence electrons. The molecule has 0 radical (unpaired) electrons. The summed E-state index contributed by atoms with van der Waals surface area (Å²) in [6.07, 6.45) is 7.83. The van der Waals surface area contributed by atoms with Crippen LogP contribution in [0.1, 0.15) is 29.9 Å². The third kappa shape index (κ3) is 3.67. The Morgan fingerprint density at radius 3 is 2.65 bits per heavy atom. The molecule has 0 unspecified atom stereocenters. The zero-order valence-electron chi connectivity index (χ0n) is 14.6. The van der Waals surface area contributed by atoms with E-state index >= 15 is 0 Å². The van der Waals surface area contributed by atoms with Crippen molar-refractivity contribution in [3.8, 4) is 5.88 Å². The van der Waals surface area contributed by atoms with Crippen LogP contribution in [0.15, 0.2) is 42.9 Å². The maximum Gasteiger partial charge on any atom is 0.291 e. The molecule has 0 N–H and O–H groups in total. The molecule has 2 aliphatic heterocycles. The van der Waals surface area contributed by atoms with Gasteiger partial charge in [-0.15, -0.1) is 0 Å². The number of hydrogen-bond donors (Lipinski definition) is 0. The molecule has 4 heterocycles. The molecule has 7 heteroatoms. The SMILES string of the molecule is O=C(c1ncccn1)N1CCC2(CC1)CO[C@@H](COc1ccccn1)C2. The smallest absolute Gasteiger partial charge is 0.291 e. The quantitative estimate of drug-likeness (QED) is 0.835. The molecule has 4 rings (SSSR count). The lowest BCUT2D eigenvalue weighted by Gasteiger charge is -2.38. The molecular weight excluding hydrogens is 332 g/mol. The number of hydrogen-bond acceptors (Lipinski definition) is 6. The lowest BCUT2D eigenvalue weighted by molar-refractivity contribution is 0.0418. The fourth-order valence-corrected chi connectivity index (χ4v) is 3.70. The molecule has 1 atom stereocenters. The van der Waals surface area contributed by atoms with Crippen molar-refractivity contribution in [1.82, 2.24) is 19.9 Å². The number of piperidine rings is 1. The molecule has 2 aliphatic rings. The summed E-state index contributed by atoms with van der Waals surface area (Å²) in [6.45, 7) is 2.68. The van der Waals surface area contributed by atoms with Gasteiger partial charge in [-0.3, -0.25) is 4.79 Å². The first kappa shape index (κ1) is 16.9. The topological polar surface area (TPSA) is 77.4 Å². The van der Waals surface area contributed by atoms with E-state index in [4.69, 9.17) is 9.47 Å². The van der Waals surface area contributed by atoms with Gasteiger partial charge in [-0.05, 0) is 36.8 Å². The zero-order chi connectivity index (χ0) is 17.8. The van der Waals surface area contributed by atoms with Crippen LogP contribution in [0.25, 0.3) is 0 Å². The third-order valence-electron chi connectivity index (χ3n) is 5.21. The summed E-state index contributed by atoms with van der Waals surface area (Å²) < 4.78 is 11.7. The van der Waals surface area contributed by atoms with Gasteiger partial charge in [-0.25, -0.2) is 15.0 Å². The summed E-state index contributed by atoms with van der Waals surface area (Å²) in [5.74, 6) is 0.808. The van der Waals surface area contributed by atoms with Crippen LogP contribution in [0.5, 0.6) is 5.88 Å². The summed E-state index contributed by atoms with van der Waals surface area (Å²) in [6, 6.07) is 7.33. The van der Waals surface area contributed by atoms with Crippen LogP contribution in [-0.4, -0.2) is 58.2 Å². The van der Waals surface area contributed by atoms with E-state index in [-0.39, 0.29) is 23.3 Å². The summed E-state index contributed by atoms with van der Waals surface area (Å²) >= 11 is 0. The van der Waals surface area contributed by atoms with Crippen LogP contribution in [0, 0.1) is 5.41 Å². The predicted molar refractivity (Wildman–Crippen MR) is 93.7 cm³/mol. The van der Waals surface area contributed by atoms with E-state index in [2.05, 4.69) is 15.0 Å². The van der Waals surface area contributed by atoms with Crippen LogP contribution in [0.4, 0.5) is 0 Å². The van der Waals surface area contributed by atoms with E-state index < -0.39 is 0 Å². The molecule has 0 saturated carbocycles. The molecule has 7 nitrogen and oxygen atoms in total. The van der Waals surface area contributed by atoms with Crippen molar-refractivity contribution in [3.63, 3.8) is 0 Å². The molecular formula is C19H22N4O3. The Morgan fingerprint density at radius 2 is 1.92 bits per heavy atom. The zero-order valence-corrected chi connectivity index (χ0v) is 14.6. The van der Waals surface area contributed by atoms with Crippen molar-refractivity contribution in [2.24, 2.45) is 5.41 Å². The second-order valence-electron chi connectivity index (χ2n) is 6.98. The Balaban J connectivity index is 1.28. The Hall–Kier alpha value is -2.54. The molecule has 0 bridgehead atoms. The molecule has 1 spiro atoms. The van der Waals surface area contributed by atoms with Crippen LogP contribution in [-0.2, 0) is 4.74 Å².